The molecule has 0 spiro atoms. The van der Waals surface area contributed by atoms with E-state index in [4.69, 9.17) is 5.73 Å². The van der Waals surface area contributed by atoms with Crippen LogP contribution in [0.5, 0.6) is 0 Å². The van der Waals surface area contributed by atoms with Crippen molar-refractivity contribution < 1.29 is 13.2 Å². The molecule has 2 aromatic rings. The maximum Gasteiger partial charge on any atom is 0.254 e. The fourth-order valence-electron chi connectivity index (χ4n) is 1.64. The van der Waals surface area contributed by atoms with E-state index in [1.165, 1.54) is 0 Å². The Balaban J connectivity index is 2.33. The van der Waals surface area contributed by atoms with Crippen molar-refractivity contribution in [2.45, 2.75) is 11.7 Å². The van der Waals surface area contributed by atoms with Crippen molar-refractivity contribution in [1.29, 1.82) is 0 Å². The monoisotopic (exact) mass is 306 g/mol. The number of carbonyl (C=O) groups excluding carboxylic acids is 1. The molecule has 0 aliphatic carbocycles. The fraction of sp³-hybridized carbons (Fsp3) is 0.154. The molecule has 0 bridgehead atoms. The van der Waals surface area contributed by atoms with Gasteiger partial charge in [-0.3, -0.25) is 4.79 Å². The summed E-state index contributed by atoms with van der Waals surface area (Å²) in [6.45, 7) is 0.376. The van der Waals surface area contributed by atoms with Crippen molar-refractivity contribution in [1.82, 2.24) is 9.97 Å². The molecule has 1 aromatic carbocycles. The van der Waals surface area contributed by atoms with Crippen LogP contribution in [0.2, 0.25) is 0 Å². The van der Waals surface area contributed by atoms with Crippen LogP contribution in [0.25, 0.3) is 0 Å². The van der Waals surface area contributed by atoms with E-state index in [1.807, 2.05) is 30.3 Å². The molecule has 8 heteroatoms. The predicted octanol–water partition coefficient (Wildman–Crippen LogP) is 0.591. The highest BCUT2D eigenvalue weighted by Crippen LogP contribution is 2.15. The van der Waals surface area contributed by atoms with E-state index in [9.17, 15) is 13.2 Å². The lowest BCUT2D eigenvalue weighted by molar-refractivity contribution is 0.1000. The highest BCUT2D eigenvalue weighted by Gasteiger charge is 2.17. The van der Waals surface area contributed by atoms with Gasteiger partial charge in [-0.25, -0.2) is 18.4 Å². The molecule has 0 aliphatic rings. The van der Waals surface area contributed by atoms with Gasteiger partial charge in [0.15, 0.2) is 0 Å². The zero-order valence-corrected chi connectivity index (χ0v) is 12.1. The van der Waals surface area contributed by atoms with Crippen LogP contribution in [0.4, 0.5) is 5.82 Å². The maximum atomic E-state index is 11.5. The Morgan fingerprint density at radius 3 is 2.52 bits per heavy atom. The molecular weight excluding hydrogens is 292 g/mol. The molecule has 1 aromatic heterocycles. The van der Waals surface area contributed by atoms with Gasteiger partial charge in [0, 0.05) is 19.0 Å². The molecule has 0 fully saturated rings. The second-order valence-corrected chi connectivity index (χ2v) is 6.30. The van der Waals surface area contributed by atoms with E-state index in [-0.39, 0.29) is 16.5 Å². The van der Waals surface area contributed by atoms with Crippen molar-refractivity contribution >= 4 is 21.6 Å². The lowest BCUT2D eigenvalue weighted by Crippen LogP contribution is -2.18. The molecule has 1 amide bonds. The highest BCUT2D eigenvalue weighted by atomic mass is 32.2. The van der Waals surface area contributed by atoms with Crippen molar-refractivity contribution in [3.05, 3.63) is 47.7 Å². The van der Waals surface area contributed by atoms with Gasteiger partial charge < -0.3 is 11.1 Å². The summed E-state index contributed by atoms with van der Waals surface area (Å²) in [7, 11) is -3.57. The van der Waals surface area contributed by atoms with E-state index < -0.39 is 15.7 Å². The third-order valence-electron chi connectivity index (χ3n) is 2.67. The molecule has 0 saturated heterocycles. The lowest BCUT2D eigenvalue weighted by Gasteiger charge is -2.10. The zero-order valence-electron chi connectivity index (χ0n) is 11.3. The highest BCUT2D eigenvalue weighted by molar-refractivity contribution is 7.90. The number of amides is 1. The molecule has 0 aliphatic heterocycles. The summed E-state index contributed by atoms with van der Waals surface area (Å²) in [6, 6.07) is 9.39. The molecule has 2 rings (SSSR count). The van der Waals surface area contributed by atoms with Gasteiger partial charge >= 0.3 is 0 Å². The first-order chi connectivity index (χ1) is 9.88. The van der Waals surface area contributed by atoms with Crippen molar-refractivity contribution in [2.75, 3.05) is 11.6 Å². The first kappa shape index (κ1) is 14.9. The minimum Gasteiger partial charge on any atom is -0.365 e. The number of nitrogens with two attached hydrogens (primary N) is 1. The van der Waals surface area contributed by atoms with Crippen LogP contribution in [0.3, 0.4) is 0 Å². The Hall–Kier alpha value is -2.48. The molecule has 1 heterocycles. The Labute approximate surface area is 122 Å². The predicted molar refractivity (Wildman–Crippen MR) is 77.4 cm³/mol. The number of sulfone groups is 1. The van der Waals surface area contributed by atoms with Gasteiger partial charge in [-0.05, 0) is 5.56 Å². The quantitative estimate of drug-likeness (QED) is 0.781. The second-order valence-electron chi connectivity index (χ2n) is 4.39. The standard InChI is InChI=1S/C13H14N4O3S/c1-21(19,20)13-16-8-10(11(14)18)12(17-13)15-7-9-5-3-2-4-6-9/h2-6,8H,7H2,1H3,(H2,14,18)(H,15,16,17). The van der Waals surface area contributed by atoms with Gasteiger partial charge in [-0.1, -0.05) is 30.3 Å². The molecule has 110 valence electrons. The topological polar surface area (TPSA) is 115 Å². The van der Waals surface area contributed by atoms with Gasteiger partial charge in [0.2, 0.25) is 15.0 Å². The molecular formula is C13H14N4O3S. The average Bonchev–Trinajstić information content (AvgIpc) is 2.45. The number of hydrogen-bond donors (Lipinski definition) is 2. The van der Waals surface area contributed by atoms with Gasteiger partial charge in [0.1, 0.15) is 5.82 Å². The van der Waals surface area contributed by atoms with Crippen LogP contribution in [0.1, 0.15) is 15.9 Å². The van der Waals surface area contributed by atoms with Gasteiger partial charge in [0.25, 0.3) is 5.91 Å². The normalized spacial score (nSPS) is 11.1. The second kappa shape index (κ2) is 5.88. The molecule has 0 atom stereocenters. The molecule has 21 heavy (non-hydrogen) atoms. The smallest absolute Gasteiger partial charge is 0.254 e. The van der Waals surface area contributed by atoms with E-state index in [0.29, 0.717) is 6.54 Å². The first-order valence-corrected chi connectivity index (χ1v) is 7.92. The maximum absolute atomic E-state index is 11.5. The minimum atomic E-state index is -3.57. The average molecular weight is 306 g/mol. The third-order valence-corrected chi connectivity index (χ3v) is 3.53. The Morgan fingerprint density at radius 2 is 1.95 bits per heavy atom. The van der Waals surface area contributed by atoms with Crippen LogP contribution >= 0.6 is 0 Å². The van der Waals surface area contributed by atoms with Crippen molar-refractivity contribution in [2.24, 2.45) is 5.73 Å². The number of hydrogen-bond acceptors (Lipinski definition) is 6. The van der Waals surface area contributed by atoms with Crippen LogP contribution in [0, 0.1) is 0 Å². The molecule has 0 saturated carbocycles. The van der Waals surface area contributed by atoms with E-state index >= 15 is 0 Å². The van der Waals surface area contributed by atoms with Gasteiger partial charge in [-0.15, -0.1) is 0 Å². The van der Waals surface area contributed by atoms with E-state index in [2.05, 4.69) is 15.3 Å². The summed E-state index contributed by atoms with van der Waals surface area (Å²) >= 11 is 0. The summed E-state index contributed by atoms with van der Waals surface area (Å²) < 4.78 is 22.9. The van der Waals surface area contributed by atoms with Crippen molar-refractivity contribution in [3.63, 3.8) is 0 Å². The summed E-state index contributed by atoms with van der Waals surface area (Å²) in [5, 5.41) is 2.55. The molecule has 0 unspecified atom stereocenters. The molecule has 7 nitrogen and oxygen atoms in total. The SMILES string of the molecule is CS(=O)(=O)c1ncc(C(N)=O)c(NCc2ccccc2)n1. The lowest BCUT2D eigenvalue weighted by atomic mass is 10.2. The summed E-state index contributed by atoms with van der Waals surface area (Å²) in [6.07, 6.45) is 2.10. The number of rotatable bonds is 5. The van der Waals surface area contributed by atoms with Crippen molar-refractivity contribution in [3.8, 4) is 0 Å². The summed E-state index contributed by atoms with van der Waals surface area (Å²) in [4.78, 5) is 18.9. The molecule has 3 N–H and O–H groups in total. The summed E-state index contributed by atoms with van der Waals surface area (Å²) in [5.74, 6) is -0.632. The van der Waals surface area contributed by atoms with Crippen LogP contribution in [-0.2, 0) is 16.4 Å². The largest absolute Gasteiger partial charge is 0.365 e. The minimum absolute atomic E-state index is 0.0401. The van der Waals surface area contributed by atoms with Gasteiger partial charge in [-0.2, -0.15) is 0 Å². The number of benzene rings is 1. The Kier molecular flexibility index (Phi) is 4.18. The van der Waals surface area contributed by atoms with E-state index in [0.717, 1.165) is 18.0 Å². The number of primary amides is 1. The van der Waals surface area contributed by atoms with Crippen LogP contribution in [0.15, 0.2) is 41.7 Å². The number of nitrogens with one attached hydrogen (secondary N) is 1. The van der Waals surface area contributed by atoms with Gasteiger partial charge in [0.05, 0.1) is 5.56 Å². The first-order valence-electron chi connectivity index (χ1n) is 6.02. The third kappa shape index (κ3) is 3.76. The van der Waals surface area contributed by atoms with Crippen LogP contribution < -0.4 is 11.1 Å². The number of anilines is 1. The number of aromatic nitrogens is 2. The fourth-order valence-corrected chi connectivity index (χ4v) is 2.14. The zero-order chi connectivity index (χ0) is 15.5. The Bertz CT molecular complexity index is 760. The Morgan fingerprint density at radius 1 is 1.29 bits per heavy atom. The van der Waals surface area contributed by atoms with E-state index in [1.54, 1.807) is 0 Å². The summed E-state index contributed by atoms with van der Waals surface area (Å²) in [5.41, 5.74) is 6.23. The van der Waals surface area contributed by atoms with Crippen LogP contribution in [-0.4, -0.2) is 30.5 Å². The number of carbonyl (C=O) groups is 1. The number of nitrogens with zero attached hydrogens (tertiary/aromatic N) is 2. The molecule has 0 radical (unpaired) electrons.